The van der Waals surface area contributed by atoms with Crippen molar-refractivity contribution < 1.29 is 9.59 Å². The molecular formula is C22H17Cl2N5O2. The number of hydrogen-bond donors (Lipinski definition) is 2. The summed E-state index contributed by atoms with van der Waals surface area (Å²) in [5, 5.41) is 11.3. The summed E-state index contributed by atoms with van der Waals surface area (Å²) >= 11 is 11.9. The minimum absolute atomic E-state index is 0.214. The van der Waals surface area contributed by atoms with Crippen LogP contribution in [-0.2, 0) is 4.79 Å². The van der Waals surface area contributed by atoms with E-state index in [1.807, 2.05) is 37.3 Å². The Bertz CT molecular complexity index is 1290. The number of para-hydroxylation sites is 1. The predicted octanol–water partition coefficient (Wildman–Crippen LogP) is 4.40. The first kappa shape index (κ1) is 20.8. The van der Waals surface area contributed by atoms with Crippen LogP contribution in [0.5, 0.6) is 0 Å². The van der Waals surface area contributed by atoms with Crippen LogP contribution in [0.2, 0.25) is 10.0 Å². The molecule has 0 spiro atoms. The lowest BCUT2D eigenvalue weighted by atomic mass is 10.2. The van der Waals surface area contributed by atoms with E-state index in [0.29, 0.717) is 16.4 Å². The maximum atomic E-state index is 12.3. The molecule has 0 aliphatic heterocycles. The average Bonchev–Trinajstić information content (AvgIpc) is 3.09. The first-order chi connectivity index (χ1) is 14.9. The maximum absolute atomic E-state index is 12.3. The highest BCUT2D eigenvalue weighted by Gasteiger charge is 2.14. The number of carbonyl (C=O) groups is 2. The minimum atomic E-state index is -0.467. The van der Waals surface area contributed by atoms with Crippen LogP contribution < -0.4 is 10.6 Å². The number of rotatable bonds is 5. The number of nitrogens with one attached hydrogen (secondary N) is 2. The molecule has 0 saturated heterocycles. The van der Waals surface area contributed by atoms with Crippen LogP contribution in [0.1, 0.15) is 16.1 Å². The fourth-order valence-electron chi connectivity index (χ4n) is 3.10. The summed E-state index contributed by atoms with van der Waals surface area (Å²) in [6.45, 7) is 1.66. The Kier molecular flexibility index (Phi) is 5.88. The van der Waals surface area contributed by atoms with Crippen molar-refractivity contribution in [1.29, 1.82) is 0 Å². The van der Waals surface area contributed by atoms with E-state index in [9.17, 15) is 9.59 Å². The van der Waals surface area contributed by atoms with Gasteiger partial charge in [0.15, 0.2) is 5.65 Å². The molecule has 2 aromatic carbocycles. The molecule has 7 nitrogen and oxygen atoms in total. The SMILES string of the molecule is Cc1nn(-c2ccccc2)c2ncc(NC(=O)CNC(=O)c3ccc(Cl)cc3Cl)cc12. The van der Waals surface area contributed by atoms with Gasteiger partial charge in [0.25, 0.3) is 5.91 Å². The Morgan fingerprint density at radius 1 is 1.06 bits per heavy atom. The lowest BCUT2D eigenvalue weighted by molar-refractivity contribution is -0.115. The van der Waals surface area contributed by atoms with E-state index in [4.69, 9.17) is 23.2 Å². The quantitative estimate of drug-likeness (QED) is 0.468. The topological polar surface area (TPSA) is 88.9 Å². The number of aryl methyl sites for hydroxylation is 1. The Morgan fingerprint density at radius 2 is 1.84 bits per heavy atom. The number of amides is 2. The molecule has 0 saturated carbocycles. The lowest BCUT2D eigenvalue weighted by Gasteiger charge is -2.08. The molecule has 0 aliphatic carbocycles. The van der Waals surface area contributed by atoms with Crippen molar-refractivity contribution >= 4 is 51.7 Å². The van der Waals surface area contributed by atoms with Gasteiger partial charge in [0.2, 0.25) is 5.91 Å². The maximum Gasteiger partial charge on any atom is 0.253 e. The Balaban J connectivity index is 1.45. The van der Waals surface area contributed by atoms with Gasteiger partial charge in [0, 0.05) is 10.4 Å². The predicted molar refractivity (Wildman–Crippen MR) is 121 cm³/mol. The Hall–Kier alpha value is -3.42. The molecule has 156 valence electrons. The third-order valence-corrected chi connectivity index (χ3v) is 5.12. The number of hydrogen-bond acceptors (Lipinski definition) is 4. The number of halogens is 2. The number of pyridine rings is 1. The standard InChI is InChI=1S/C22H17Cl2N5O2/c1-13-18-10-15(11-25-21(18)29(28-13)16-5-3-2-4-6-16)27-20(30)12-26-22(31)17-8-7-14(23)9-19(17)24/h2-11H,12H2,1H3,(H,26,31)(H,27,30). The first-order valence-electron chi connectivity index (χ1n) is 9.36. The number of benzene rings is 2. The van der Waals surface area contributed by atoms with Gasteiger partial charge in [-0.15, -0.1) is 0 Å². The van der Waals surface area contributed by atoms with E-state index in [-0.39, 0.29) is 17.1 Å². The molecule has 0 atom stereocenters. The molecular weight excluding hydrogens is 437 g/mol. The van der Waals surface area contributed by atoms with Gasteiger partial charge in [-0.25, -0.2) is 9.67 Å². The average molecular weight is 454 g/mol. The minimum Gasteiger partial charge on any atom is -0.343 e. The molecule has 0 fully saturated rings. The summed E-state index contributed by atoms with van der Waals surface area (Å²) in [5.74, 6) is -0.863. The van der Waals surface area contributed by atoms with Gasteiger partial charge < -0.3 is 10.6 Å². The summed E-state index contributed by atoms with van der Waals surface area (Å²) < 4.78 is 1.76. The second kappa shape index (κ2) is 8.75. The second-order valence-electron chi connectivity index (χ2n) is 6.78. The lowest BCUT2D eigenvalue weighted by Crippen LogP contribution is -2.33. The molecule has 2 amide bonds. The van der Waals surface area contributed by atoms with Crippen LogP contribution in [0.15, 0.2) is 60.8 Å². The van der Waals surface area contributed by atoms with Crippen molar-refractivity contribution in [3.8, 4) is 5.69 Å². The van der Waals surface area contributed by atoms with Gasteiger partial charge >= 0.3 is 0 Å². The van der Waals surface area contributed by atoms with Crippen molar-refractivity contribution in [2.75, 3.05) is 11.9 Å². The second-order valence-corrected chi connectivity index (χ2v) is 7.63. The molecule has 2 heterocycles. The van der Waals surface area contributed by atoms with Gasteiger partial charge in [-0.2, -0.15) is 5.10 Å². The molecule has 9 heteroatoms. The van der Waals surface area contributed by atoms with Crippen molar-refractivity contribution in [3.05, 3.63) is 82.1 Å². The van der Waals surface area contributed by atoms with E-state index in [1.54, 1.807) is 23.0 Å². The third kappa shape index (κ3) is 4.52. The molecule has 4 aromatic rings. The van der Waals surface area contributed by atoms with E-state index >= 15 is 0 Å². The molecule has 4 rings (SSSR count). The van der Waals surface area contributed by atoms with Crippen LogP contribution in [0.4, 0.5) is 5.69 Å². The van der Waals surface area contributed by atoms with Gasteiger partial charge in [-0.1, -0.05) is 41.4 Å². The molecule has 2 aromatic heterocycles. The monoisotopic (exact) mass is 453 g/mol. The fourth-order valence-corrected chi connectivity index (χ4v) is 3.59. The Morgan fingerprint density at radius 3 is 2.58 bits per heavy atom. The van der Waals surface area contributed by atoms with E-state index in [0.717, 1.165) is 16.8 Å². The van der Waals surface area contributed by atoms with Crippen molar-refractivity contribution in [1.82, 2.24) is 20.1 Å². The van der Waals surface area contributed by atoms with Crippen LogP contribution in [0.25, 0.3) is 16.7 Å². The van der Waals surface area contributed by atoms with Crippen molar-refractivity contribution in [3.63, 3.8) is 0 Å². The zero-order valence-electron chi connectivity index (χ0n) is 16.4. The Labute approximate surface area is 188 Å². The summed E-state index contributed by atoms with van der Waals surface area (Å²) in [6, 6.07) is 16.0. The summed E-state index contributed by atoms with van der Waals surface area (Å²) in [5.41, 5.74) is 3.12. The van der Waals surface area contributed by atoms with Gasteiger partial charge in [-0.3, -0.25) is 9.59 Å². The summed E-state index contributed by atoms with van der Waals surface area (Å²) in [4.78, 5) is 29.0. The molecule has 0 aliphatic rings. The molecule has 2 N–H and O–H groups in total. The molecule has 0 radical (unpaired) electrons. The van der Waals surface area contributed by atoms with Crippen LogP contribution >= 0.6 is 23.2 Å². The number of fused-ring (bicyclic) bond motifs is 1. The number of anilines is 1. The highest BCUT2D eigenvalue weighted by atomic mass is 35.5. The number of aromatic nitrogens is 3. The van der Waals surface area contributed by atoms with Crippen molar-refractivity contribution in [2.45, 2.75) is 6.92 Å². The van der Waals surface area contributed by atoms with Gasteiger partial charge in [0.1, 0.15) is 0 Å². The van der Waals surface area contributed by atoms with Crippen LogP contribution in [-0.4, -0.2) is 33.1 Å². The van der Waals surface area contributed by atoms with Crippen LogP contribution in [0.3, 0.4) is 0 Å². The first-order valence-corrected chi connectivity index (χ1v) is 10.1. The third-order valence-electron chi connectivity index (χ3n) is 4.58. The van der Waals surface area contributed by atoms with Crippen LogP contribution in [0, 0.1) is 6.92 Å². The molecule has 0 unspecified atom stereocenters. The van der Waals surface area contributed by atoms with Gasteiger partial charge in [-0.05, 0) is 43.3 Å². The largest absolute Gasteiger partial charge is 0.343 e. The zero-order valence-corrected chi connectivity index (χ0v) is 17.9. The highest BCUT2D eigenvalue weighted by Crippen LogP contribution is 2.23. The molecule has 0 bridgehead atoms. The smallest absolute Gasteiger partial charge is 0.253 e. The van der Waals surface area contributed by atoms with E-state index in [1.165, 1.54) is 12.1 Å². The van der Waals surface area contributed by atoms with Crippen molar-refractivity contribution in [2.24, 2.45) is 0 Å². The number of nitrogens with zero attached hydrogens (tertiary/aromatic N) is 3. The van der Waals surface area contributed by atoms with Gasteiger partial charge in [0.05, 0.1) is 40.4 Å². The highest BCUT2D eigenvalue weighted by molar-refractivity contribution is 6.36. The van der Waals surface area contributed by atoms with E-state index in [2.05, 4.69) is 20.7 Å². The van der Waals surface area contributed by atoms with E-state index < -0.39 is 11.8 Å². The number of carbonyl (C=O) groups excluding carboxylic acids is 2. The zero-order chi connectivity index (χ0) is 22.0. The normalized spacial score (nSPS) is 10.8. The summed E-state index contributed by atoms with van der Waals surface area (Å²) in [6.07, 6.45) is 1.55. The summed E-state index contributed by atoms with van der Waals surface area (Å²) in [7, 11) is 0. The molecule has 31 heavy (non-hydrogen) atoms. The fraction of sp³-hybridized carbons (Fsp3) is 0.0909.